The van der Waals surface area contributed by atoms with Gasteiger partial charge in [0.15, 0.2) is 0 Å². The molecule has 1 aromatic rings. The summed E-state index contributed by atoms with van der Waals surface area (Å²) in [5.74, 6) is 0. The van der Waals surface area contributed by atoms with Crippen LogP contribution in [0.25, 0.3) is 0 Å². The predicted octanol–water partition coefficient (Wildman–Crippen LogP) is 3.22. The maximum absolute atomic E-state index is 2.60. The molecule has 2 heteroatoms. The van der Waals surface area contributed by atoms with Gasteiger partial charge in [0.05, 0.1) is 8.07 Å². The van der Waals surface area contributed by atoms with E-state index in [1.54, 1.807) is 5.19 Å². The van der Waals surface area contributed by atoms with Crippen LogP contribution in [0.3, 0.4) is 0 Å². The Morgan fingerprint density at radius 1 is 1.12 bits per heavy atom. The van der Waals surface area contributed by atoms with E-state index >= 15 is 0 Å². The SMILES string of the molecule is CCN(Cc1ccc([Si](C)(C)C)cc1)C1CC1. The Kier molecular flexibility index (Phi) is 3.74. The lowest BCUT2D eigenvalue weighted by Crippen LogP contribution is -2.37. The van der Waals surface area contributed by atoms with Crippen molar-refractivity contribution in [3.63, 3.8) is 0 Å². The van der Waals surface area contributed by atoms with Crippen LogP contribution in [0, 0.1) is 0 Å². The second-order valence-corrected chi connectivity index (χ2v) is 11.3. The first-order chi connectivity index (χ1) is 8.00. The topological polar surface area (TPSA) is 3.24 Å². The second kappa shape index (κ2) is 4.95. The maximum atomic E-state index is 2.60. The van der Waals surface area contributed by atoms with Gasteiger partial charge < -0.3 is 0 Å². The molecule has 1 aliphatic carbocycles. The van der Waals surface area contributed by atoms with E-state index in [4.69, 9.17) is 0 Å². The molecular weight excluding hydrogens is 222 g/mol. The van der Waals surface area contributed by atoms with Crippen molar-refractivity contribution in [3.05, 3.63) is 29.8 Å². The highest BCUT2D eigenvalue weighted by Gasteiger charge is 2.27. The van der Waals surface area contributed by atoms with Crippen molar-refractivity contribution < 1.29 is 0 Å². The second-order valence-electron chi connectivity index (χ2n) is 6.24. The molecule has 0 N–H and O–H groups in total. The minimum atomic E-state index is -1.13. The standard InChI is InChI=1S/C15H25NSi/c1-5-16(14-8-9-14)12-13-6-10-15(11-7-13)17(2,3)4/h6-7,10-11,14H,5,8-9,12H2,1-4H3. The fourth-order valence-electron chi connectivity index (χ4n) is 2.28. The fraction of sp³-hybridized carbons (Fsp3) is 0.600. The predicted molar refractivity (Wildman–Crippen MR) is 78.5 cm³/mol. The van der Waals surface area contributed by atoms with Gasteiger partial charge in [-0.25, -0.2) is 0 Å². The van der Waals surface area contributed by atoms with E-state index in [1.807, 2.05) is 0 Å². The fourth-order valence-corrected chi connectivity index (χ4v) is 3.45. The molecule has 17 heavy (non-hydrogen) atoms. The normalized spacial score (nSPS) is 16.5. The Bertz CT molecular complexity index is 360. The number of benzene rings is 1. The molecule has 0 bridgehead atoms. The van der Waals surface area contributed by atoms with Gasteiger partial charge in [-0.3, -0.25) is 4.90 Å². The van der Waals surface area contributed by atoms with Gasteiger partial charge in [0.1, 0.15) is 0 Å². The molecule has 1 fully saturated rings. The highest BCUT2D eigenvalue weighted by atomic mass is 28.3. The zero-order valence-electron chi connectivity index (χ0n) is 11.7. The molecule has 0 radical (unpaired) electrons. The third-order valence-corrected chi connectivity index (χ3v) is 5.74. The molecule has 0 aromatic heterocycles. The van der Waals surface area contributed by atoms with Gasteiger partial charge in [-0.1, -0.05) is 56.0 Å². The van der Waals surface area contributed by atoms with Crippen LogP contribution in [0.5, 0.6) is 0 Å². The van der Waals surface area contributed by atoms with Crippen molar-refractivity contribution in [2.24, 2.45) is 0 Å². The van der Waals surface area contributed by atoms with E-state index in [-0.39, 0.29) is 0 Å². The Morgan fingerprint density at radius 3 is 2.12 bits per heavy atom. The summed E-state index contributed by atoms with van der Waals surface area (Å²) in [7, 11) is -1.13. The van der Waals surface area contributed by atoms with E-state index in [9.17, 15) is 0 Å². The summed E-state index contributed by atoms with van der Waals surface area (Å²) >= 11 is 0. The number of rotatable bonds is 5. The van der Waals surface area contributed by atoms with Gasteiger partial charge in [-0.2, -0.15) is 0 Å². The molecular formula is C15H25NSi. The van der Waals surface area contributed by atoms with E-state index in [1.165, 1.54) is 24.9 Å². The summed E-state index contributed by atoms with van der Waals surface area (Å²) in [5, 5.41) is 1.57. The van der Waals surface area contributed by atoms with Gasteiger partial charge >= 0.3 is 0 Å². The summed E-state index contributed by atoms with van der Waals surface area (Å²) in [5.41, 5.74) is 1.47. The lowest BCUT2D eigenvalue weighted by atomic mass is 10.2. The molecule has 0 atom stereocenters. The number of nitrogens with zero attached hydrogens (tertiary/aromatic N) is 1. The Hall–Kier alpha value is -0.603. The Labute approximate surface area is 107 Å². The molecule has 0 heterocycles. The smallest absolute Gasteiger partial charge is 0.0775 e. The summed E-state index contributed by atoms with van der Waals surface area (Å²) < 4.78 is 0. The minimum absolute atomic E-state index is 0.872. The highest BCUT2D eigenvalue weighted by molar-refractivity contribution is 6.88. The molecule has 2 rings (SSSR count). The van der Waals surface area contributed by atoms with E-state index in [2.05, 4.69) is 55.7 Å². The van der Waals surface area contributed by atoms with Crippen LogP contribution in [-0.2, 0) is 6.54 Å². The van der Waals surface area contributed by atoms with Crippen molar-refractivity contribution in [1.82, 2.24) is 4.90 Å². The average Bonchev–Trinajstić information content (AvgIpc) is 3.09. The van der Waals surface area contributed by atoms with Crippen LogP contribution in [0.1, 0.15) is 25.3 Å². The van der Waals surface area contributed by atoms with Crippen LogP contribution in [0.4, 0.5) is 0 Å². The molecule has 1 saturated carbocycles. The minimum Gasteiger partial charge on any atom is -0.296 e. The lowest BCUT2D eigenvalue weighted by molar-refractivity contribution is 0.269. The van der Waals surface area contributed by atoms with Crippen LogP contribution in [0.15, 0.2) is 24.3 Å². The van der Waals surface area contributed by atoms with Crippen LogP contribution in [0.2, 0.25) is 19.6 Å². The van der Waals surface area contributed by atoms with E-state index < -0.39 is 8.07 Å². The van der Waals surface area contributed by atoms with Gasteiger partial charge in [-0.05, 0) is 24.9 Å². The molecule has 1 aromatic carbocycles. The van der Waals surface area contributed by atoms with Gasteiger partial charge in [0.25, 0.3) is 0 Å². The monoisotopic (exact) mass is 247 g/mol. The lowest BCUT2D eigenvalue weighted by Gasteiger charge is -2.21. The van der Waals surface area contributed by atoms with Crippen molar-refractivity contribution in [3.8, 4) is 0 Å². The quantitative estimate of drug-likeness (QED) is 0.722. The van der Waals surface area contributed by atoms with Crippen LogP contribution >= 0.6 is 0 Å². The number of hydrogen-bond acceptors (Lipinski definition) is 1. The molecule has 94 valence electrons. The third-order valence-electron chi connectivity index (χ3n) is 3.68. The molecule has 0 spiro atoms. The maximum Gasteiger partial charge on any atom is 0.0775 e. The van der Waals surface area contributed by atoms with E-state index in [0.29, 0.717) is 0 Å². The summed E-state index contributed by atoms with van der Waals surface area (Å²) in [6.45, 7) is 11.8. The first-order valence-electron chi connectivity index (χ1n) is 6.84. The van der Waals surface area contributed by atoms with Crippen molar-refractivity contribution >= 4 is 13.3 Å². The Morgan fingerprint density at radius 2 is 1.71 bits per heavy atom. The summed E-state index contributed by atoms with van der Waals surface area (Å²) in [4.78, 5) is 2.60. The van der Waals surface area contributed by atoms with E-state index in [0.717, 1.165) is 12.6 Å². The largest absolute Gasteiger partial charge is 0.296 e. The molecule has 1 nitrogen and oxygen atoms in total. The average molecular weight is 247 g/mol. The third kappa shape index (κ3) is 3.43. The molecule has 0 unspecified atom stereocenters. The first kappa shape index (κ1) is 12.8. The first-order valence-corrected chi connectivity index (χ1v) is 10.3. The summed E-state index contributed by atoms with van der Waals surface area (Å²) in [6.07, 6.45) is 2.81. The van der Waals surface area contributed by atoms with Crippen LogP contribution in [-0.4, -0.2) is 25.6 Å². The molecule has 0 amide bonds. The van der Waals surface area contributed by atoms with Crippen molar-refractivity contribution in [2.45, 2.75) is 52.0 Å². The molecule has 0 aliphatic heterocycles. The van der Waals surface area contributed by atoms with Crippen molar-refractivity contribution in [2.75, 3.05) is 6.54 Å². The Balaban J connectivity index is 2.02. The van der Waals surface area contributed by atoms with Gasteiger partial charge in [0.2, 0.25) is 0 Å². The highest BCUT2D eigenvalue weighted by Crippen LogP contribution is 2.27. The zero-order chi connectivity index (χ0) is 12.5. The summed E-state index contributed by atoms with van der Waals surface area (Å²) in [6, 6.07) is 10.2. The zero-order valence-corrected chi connectivity index (χ0v) is 12.7. The van der Waals surface area contributed by atoms with Gasteiger partial charge in [-0.15, -0.1) is 0 Å². The molecule has 0 saturated heterocycles. The van der Waals surface area contributed by atoms with Crippen LogP contribution < -0.4 is 5.19 Å². The molecule has 1 aliphatic rings. The number of hydrogen-bond donors (Lipinski definition) is 0. The van der Waals surface area contributed by atoms with Crippen molar-refractivity contribution in [1.29, 1.82) is 0 Å². The van der Waals surface area contributed by atoms with Gasteiger partial charge in [0, 0.05) is 12.6 Å².